The number of guanidine groups is 1. The SMILES string of the molecule is CCCNC(=O)CNC(=NC)NC1CN(C(C)C)CC1C.I. The number of carbonyl (C=O) groups excluding carboxylic acids is 1. The van der Waals surface area contributed by atoms with E-state index in [0.29, 0.717) is 24.0 Å². The molecule has 0 radical (unpaired) electrons. The molecule has 1 amide bonds. The lowest BCUT2D eigenvalue weighted by Crippen LogP contribution is -2.49. The van der Waals surface area contributed by atoms with Crippen LogP contribution in [0.5, 0.6) is 0 Å². The van der Waals surface area contributed by atoms with Crippen molar-refractivity contribution in [3.8, 4) is 0 Å². The van der Waals surface area contributed by atoms with Crippen LogP contribution in [0.4, 0.5) is 0 Å². The topological polar surface area (TPSA) is 68.8 Å². The second kappa shape index (κ2) is 11.0. The van der Waals surface area contributed by atoms with Gasteiger partial charge in [0.05, 0.1) is 6.54 Å². The Hall–Kier alpha value is -0.570. The number of likely N-dealkylation sites (tertiary alicyclic amines) is 1. The normalized spacial score (nSPS) is 22.4. The molecule has 6 nitrogen and oxygen atoms in total. The monoisotopic (exact) mass is 425 g/mol. The average Bonchev–Trinajstić information content (AvgIpc) is 2.82. The largest absolute Gasteiger partial charge is 0.355 e. The van der Waals surface area contributed by atoms with Gasteiger partial charge < -0.3 is 16.0 Å². The summed E-state index contributed by atoms with van der Waals surface area (Å²) in [6.07, 6.45) is 0.948. The van der Waals surface area contributed by atoms with Gasteiger partial charge >= 0.3 is 0 Å². The third-order valence-electron chi connectivity index (χ3n) is 3.91. The van der Waals surface area contributed by atoms with Gasteiger partial charge in [0.1, 0.15) is 0 Å². The van der Waals surface area contributed by atoms with Crippen LogP contribution in [0.15, 0.2) is 4.99 Å². The Morgan fingerprint density at radius 2 is 2.00 bits per heavy atom. The number of carbonyl (C=O) groups is 1. The van der Waals surface area contributed by atoms with E-state index in [1.54, 1.807) is 7.05 Å². The predicted molar refractivity (Wildman–Crippen MR) is 103 cm³/mol. The maximum absolute atomic E-state index is 11.6. The molecule has 1 saturated heterocycles. The van der Waals surface area contributed by atoms with Gasteiger partial charge in [-0.1, -0.05) is 13.8 Å². The number of rotatable bonds is 6. The van der Waals surface area contributed by atoms with Crippen LogP contribution in [0, 0.1) is 5.92 Å². The van der Waals surface area contributed by atoms with Crippen LogP contribution in [-0.2, 0) is 4.79 Å². The Bertz CT molecular complexity index is 362. The molecule has 130 valence electrons. The van der Waals surface area contributed by atoms with E-state index in [2.05, 4.69) is 46.6 Å². The number of hydrogen-bond donors (Lipinski definition) is 3. The van der Waals surface area contributed by atoms with Crippen molar-refractivity contribution in [1.82, 2.24) is 20.9 Å². The maximum atomic E-state index is 11.6. The quantitative estimate of drug-likeness (QED) is 0.338. The molecule has 0 aromatic heterocycles. The Kier molecular flexibility index (Phi) is 10.8. The standard InChI is InChI=1S/C15H31N5O.HI/c1-6-7-17-14(21)8-18-15(16-5)19-13-10-20(11(2)3)9-12(13)4;/h11-13H,6-10H2,1-5H3,(H,17,21)(H2,16,18,19);1H. The van der Waals surface area contributed by atoms with Crippen molar-refractivity contribution >= 4 is 35.8 Å². The molecule has 2 unspecified atom stereocenters. The molecule has 22 heavy (non-hydrogen) atoms. The first-order valence-electron chi connectivity index (χ1n) is 7.95. The van der Waals surface area contributed by atoms with Gasteiger partial charge in [-0.05, 0) is 26.2 Å². The summed E-state index contributed by atoms with van der Waals surface area (Å²) in [4.78, 5) is 18.3. The van der Waals surface area contributed by atoms with E-state index >= 15 is 0 Å². The van der Waals surface area contributed by atoms with Gasteiger partial charge in [-0.2, -0.15) is 0 Å². The van der Waals surface area contributed by atoms with Crippen molar-refractivity contribution < 1.29 is 4.79 Å². The van der Waals surface area contributed by atoms with Gasteiger partial charge in [0, 0.05) is 38.8 Å². The number of nitrogens with one attached hydrogen (secondary N) is 3. The summed E-state index contributed by atoms with van der Waals surface area (Å²) in [6.45, 7) is 11.8. The first-order chi connectivity index (χ1) is 9.97. The van der Waals surface area contributed by atoms with E-state index in [1.807, 2.05) is 6.92 Å². The average molecular weight is 425 g/mol. The minimum Gasteiger partial charge on any atom is -0.355 e. The second-order valence-corrected chi connectivity index (χ2v) is 6.05. The van der Waals surface area contributed by atoms with Crippen LogP contribution < -0.4 is 16.0 Å². The number of halogens is 1. The smallest absolute Gasteiger partial charge is 0.239 e. The molecule has 2 atom stereocenters. The Morgan fingerprint density at radius 3 is 2.50 bits per heavy atom. The zero-order valence-electron chi connectivity index (χ0n) is 14.5. The molecular weight excluding hydrogens is 393 g/mol. The molecule has 1 aliphatic rings. The second-order valence-electron chi connectivity index (χ2n) is 6.05. The maximum Gasteiger partial charge on any atom is 0.239 e. The predicted octanol–water partition coefficient (Wildman–Crippen LogP) is 1.02. The molecular formula is C15H32IN5O. The molecule has 1 heterocycles. The first-order valence-corrected chi connectivity index (χ1v) is 7.95. The van der Waals surface area contributed by atoms with E-state index < -0.39 is 0 Å². The van der Waals surface area contributed by atoms with E-state index in [9.17, 15) is 4.79 Å². The molecule has 7 heteroatoms. The molecule has 0 bridgehead atoms. The Balaban J connectivity index is 0.00000441. The highest BCUT2D eigenvalue weighted by Gasteiger charge is 2.31. The highest BCUT2D eigenvalue weighted by Crippen LogP contribution is 2.18. The summed E-state index contributed by atoms with van der Waals surface area (Å²) in [5.41, 5.74) is 0. The molecule has 3 N–H and O–H groups in total. The van der Waals surface area contributed by atoms with Crippen molar-refractivity contribution in [2.24, 2.45) is 10.9 Å². The van der Waals surface area contributed by atoms with E-state index in [4.69, 9.17) is 0 Å². The molecule has 0 aromatic carbocycles. The third-order valence-corrected chi connectivity index (χ3v) is 3.91. The summed E-state index contributed by atoms with van der Waals surface area (Å²) in [6, 6.07) is 0.936. The van der Waals surface area contributed by atoms with E-state index in [-0.39, 0.29) is 36.4 Å². The number of nitrogens with zero attached hydrogens (tertiary/aromatic N) is 2. The molecule has 1 aliphatic heterocycles. The van der Waals surface area contributed by atoms with Crippen LogP contribution in [-0.4, -0.2) is 62.1 Å². The lowest BCUT2D eigenvalue weighted by Gasteiger charge is -2.21. The highest BCUT2D eigenvalue weighted by molar-refractivity contribution is 14.0. The van der Waals surface area contributed by atoms with Crippen LogP contribution in [0.3, 0.4) is 0 Å². The molecule has 0 aromatic rings. The minimum atomic E-state index is 0. The van der Waals surface area contributed by atoms with E-state index in [0.717, 1.165) is 26.1 Å². The fourth-order valence-corrected chi connectivity index (χ4v) is 2.47. The van der Waals surface area contributed by atoms with Gasteiger partial charge in [-0.3, -0.25) is 14.7 Å². The van der Waals surface area contributed by atoms with Gasteiger partial charge in [-0.15, -0.1) is 24.0 Å². The zero-order valence-corrected chi connectivity index (χ0v) is 16.8. The summed E-state index contributed by atoms with van der Waals surface area (Å²) in [5, 5.41) is 9.35. The summed E-state index contributed by atoms with van der Waals surface area (Å²) < 4.78 is 0. The van der Waals surface area contributed by atoms with Gasteiger partial charge in [-0.25, -0.2) is 0 Å². The lowest BCUT2D eigenvalue weighted by molar-refractivity contribution is -0.120. The molecule has 0 spiro atoms. The fourth-order valence-electron chi connectivity index (χ4n) is 2.47. The fraction of sp³-hybridized carbons (Fsp3) is 0.867. The lowest BCUT2D eigenvalue weighted by atomic mass is 10.1. The third kappa shape index (κ3) is 7.13. The zero-order chi connectivity index (χ0) is 15.8. The first kappa shape index (κ1) is 21.4. The van der Waals surface area contributed by atoms with Crippen molar-refractivity contribution in [2.45, 2.75) is 46.2 Å². The van der Waals surface area contributed by atoms with Crippen molar-refractivity contribution in [2.75, 3.05) is 33.2 Å². The Labute approximate surface area is 151 Å². The van der Waals surface area contributed by atoms with Gasteiger partial charge in [0.15, 0.2) is 5.96 Å². The van der Waals surface area contributed by atoms with Crippen LogP contribution >= 0.6 is 24.0 Å². The van der Waals surface area contributed by atoms with Crippen LogP contribution in [0.2, 0.25) is 0 Å². The Morgan fingerprint density at radius 1 is 1.32 bits per heavy atom. The van der Waals surface area contributed by atoms with Gasteiger partial charge in [0.2, 0.25) is 5.91 Å². The summed E-state index contributed by atoms with van der Waals surface area (Å²) >= 11 is 0. The number of hydrogen-bond acceptors (Lipinski definition) is 3. The molecule has 1 rings (SSSR count). The van der Waals surface area contributed by atoms with Crippen molar-refractivity contribution in [3.05, 3.63) is 0 Å². The minimum absolute atomic E-state index is 0. The molecule has 1 fully saturated rings. The van der Waals surface area contributed by atoms with E-state index in [1.165, 1.54) is 0 Å². The van der Waals surface area contributed by atoms with Crippen molar-refractivity contribution in [1.29, 1.82) is 0 Å². The molecule has 0 aliphatic carbocycles. The summed E-state index contributed by atoms with van der Waals surface area (Å²) in [5.74, 6) is 1.27. The number of amides is 1. The van der Waals surface area contributed by atoms with Crippen LogP contribution in [0.25, 0.3) is 0 Å². The van der Waals surface area contributed by atoms with Gasteiger partial charge in [0.25, 0.3) is 0 Å². The van der Waals surface area contributed by atoms with Crippen LogP contribution in [0.1, 0.15) is 34.1 Å². The van der Waals surface area contributed by atoms with Crippen molar-refractivity contribution in [3.63, 3.8) is 0 Å². The summed E-state index contributed by atoms with van der Waals surface area (Å²) in [7, 11) is 1.74. The molecule has 0 saturated carbocycles. The highest BCUT2D eigenvalue weighted by atomic mass is 127. The number of aliphatic imine (C=N–C) groups is 1.